The molecule has 0 radical (unpaired) electrons. The van der Waals surface area contributed by atoms with Crippen molar-refractivity contribution in [2.75, 3.05) is 4.72 Å². The molecule has 0 aliphatic carbocycles. The van der Waals surface area contributed by atoms with Crippen LogP contribution in [0.25, 0.3) is 5.69 Å². The van der Waals surface area contributed by atoms with E-state index in [4.69, 9.17) is 5.14 Å². The molecular weight excluding hydrogens is 414 g/mol. The summed E-state index contributed by atoms with van der Waals surface area (Å²) in [4.78, 5) is -1.31. The van der Waals surface area contributed by atoms with Gasteiger partial charge in [0.15, 0.2) is 0 Å². The van der Waals surface area contributed by atoms with Crippen LogP contribution in [0.2, 0.25) is 0 Å². The summed E-state index contributed by atoms with van der Waals surface area (Å²) in [5.74, 6) is -2.13. The summed E-state index contributed by atoms with van der Waals surface area (Å²) in [5, 5.41) is 9.14. The predicted octanol–water partition coefficient (Wildman–Crippen LogP) is 1.91. The van der Waals surface area contributed by atoms with Crippen molar-refractivity contribution >= 4 is 25.7 Å². The second-order valence-corrected chi connectivity index (χ2v) is 9.08. The van der Waals surface area contributed by atoms with Crippen LogP contribution in [-0.4, -0.2) is 26.6 Å². The molecule has 0 unspecified atom stereocenters. The summed E-state index contributed by atoms with van der Waals surface area (Å²) in [6.45, 7) is 1.74. The van der Waals surface area contributed by atoms with Crippen molar-refractivity contribution in [3.05, 3.63) is 66.0 Å². The van der Waals surface area contributed by atoms with Gasteiger partial charge in [-0.1, -0.05) is 0 Å². The van der Waals surface area contributed by atoms with Crippen LogP contribution in [0.3, 0.4) is 0 Å². The molecule has 2 aromatic carbocycles. The van der Waals surface area contributed by atoms with E-state index in [1.807, 2.05) is 0 Å². The van der Waals surface area contributed by atoms with Crippen LogP contribution < -0.4 is 9.86 Å². The number of nitrogens with one attached hydrogen (secondary N) is 1. The maximum atomic E-state index is 13.9. The molecule has 3 aromatic rings. The molecule has 0 bridgehead atoms. The van der Waals surface area contributed by atoms with Crippen molar-refractivity contribution < 1.29 is 25.6 Å². The lowest BCUT2D eigenvalue weighted by Crippen LogP contribution is -2.18. The van der Waals surface area contributed by atoms with Gasteiger partial charge in [-0.2, -0.15) is 5.10 Å². The fourth-order valence-corrected chi connectivity index (χ4v) is 4.10. The molecule has 0 atom stereocenters. The van der Waals surface area contributed by atoms with Gasteiger partial charge < -0.3 is 0 Å². The van der Waals surface area contributed by atoms with E-state index >= 15 is 0 Å². The Morgan fingerprint density at radius 2 is 1.79 bits per heavy atom. The van der Waals surface area contributed by atoms with Gasteiger partial charge in [-0.3, -0.25) is 4.72 Å². The number of primary sulfonamides is 1. The minimum absolute atomic E-state index is 0.154. The Labute approximate surface area is 159 Å². The number of nitrogens with two attached hydrogens (primary N) is 1. The molecule has 148 valence electrons. The van der Waals surface area contributed by atoms with E-state index in [-0.39, 0.29) is 16.3 Å². The van der Waals surface area contributed by atoms with Gasteiger partial charge in [-0.15, -0.1) is 0 Å². The highest BCUT2D eigenvalue weighted by molar-refractivity contribution is 7.92. The lowest BCUT2D eigenvalue weighted by molar-refractivity contribution is 0.555. The first-order valence-corrected chi connectivity index (χ1v) is 10.7. The highest BCUT2D eigenvalue weighted by atomic mass is 32.2. The average Bonchev–Trinajstić information content (AvgIpc) is 3.02. The van der Waals surface area contributed by atoms with E-state index in [2.05, 4.69) is 9.82 Å². The molecule has 1 heterocycles. The first-order chi connectivity index (χ1) is 13.0. The molecule has 12 heteroatoms. The number of nitrogens with zero attached hydrogens (tertiary/aromatic N) is 2. The van der Waals surface area contributed by atoms with Gasteiger partial charge in [-0.05, 0) is 48.9 Å². The number of benzene rings is 2. The molecule has 0 spiro atoms. The standard InChI is InChI=1S/C16H14F2N4O4S2/c1-10-8-20-22(9-10)15-5-3-12(27(19,23)24)7-14(15)21-28(25,26)16-6-11(17)2-4-13(16)18/h2-9,21H,1H3,(H2,19,23,24). The van der Waals surface area contributed by atoms with Gasteiger partial charge in [0.2, 0.25) is 10.0 Å². The third-order valence-electron chi connectivity index (χ3n) is 3.68. The van der Waals surface area contributed by atoms with E-state index in [0.717, 1.165) is 17.7 Å². The predicted molar refractivity (Wildman–Crippen MR) is 96.8 cm³/mol. The smallest absolute Gasteiger partial charge is 0.264 e. The number of sulfonamides is 2. The molecule has 0 saturated heterocycles. The van der Waals surface area contributed by atoms with Crippen molar-refractivity contribution in [2.45, 2.75) is 16.7 Å². The van der Waals surface area contributed by atoms with Crippen LogP contribution in [0.15, 0.2) is 58.6 Å². The maximum Gasteiger partial charge on any atom is 0.264 e. The van der Waals surface area contributed by atoms with E-state index in [0.29, 0.717) is 12.1 Å². The van der Waals surface area contributed by atoms with E-state index < -0.39 is 36.6 Å². The Morgan fingerprint density at radius 1 is 1.07 bits per heavy atom. The molecule has 1 aromatic heterocycles. The normalized spacial score (nSPS) is 12.1. The van der Waals surface area contributed by atoms with Crippen LogP contribution in [0, 0.1) is 18.6 Å². The fraction of sp³-hybridized carbons (Fsp3) is 0.0625. The van der Waals surface area contributed by atoms with E-state index in [1.54, 1.807) is 13.1 Å². The minimum Gasteiger partial charge on any atom is -0.277 e. The molecule has 0 fully saturated rings. The molecule has 0 aliphatic rings. The summed E-state index contributed by atoms with van der Waals surface area (Å²) in [7, 11) is -8.75. The summed E-state index contributed by atoms with van der Waals surface area (Å²) >= 11 is 0. The first-order valence-electron chi connectivity index (χ1n) is 7.64. The number of aryl methyl sites for hydroxylation is 1. The molecule has 3 N–H and O–H groups in total. The van der Waals surface area contributed by atoms with Crippen molar-refractivity contribution in [2.24, 2.45) is 5.14 Å². The second kappa shape index (κ2) is 6.96. The number of hydrogen-bond donors (Lipinski definition) is 2. The number of aromatic nitrogens is 2. The summed E-state index contributed by atoms with van der Waals surface area (Å²) < 4.78 is 79.2. The van der Waals surface area contributed by atoms with Crippen LogP contribution in [-0.2, 0) is 20.0 Å². The third kappa shape index (κ3) is 4.03. The molecule has 0 aliphatic heterocycles. The topological polar surface area (TPSA) is 124 Å². The Kier molecular flexibility index (Phi) is 4.95. The van der Waals surface area contributed by atoms with Gasteiger partial charge in [0.1, 0.15) is 16.5 Å². The van der Waals surface area contributed by atoms with Gasteiger partial charge in [0, 0.05) is 6.20 Å². The van der Waals surface area contributed by atoms with Gasteiger partial charge >= 0.3 is 0 Å². The van der Waals surface area contributed by atoms with Crippen molar-refractivity contribution in [3.63, 3.8) is 0 Å². The van der Waals surface area contributed by atoms with Crippen LogP contribution in [0.1, 0.15) is 5.56 Å². The second-order valence-electron chi connectivity index (χ2n) is 5.87. The van der Waals surface area contributed by atoms with Crippen molar-refractivity contribution in [3.8, 4) is 5.69 Å². The highest BCUT2D eigenvalue weighted by Gasteiger charge is 2.23. The molecule has 3 rings (SSSR count). The zero-order valence-electron chi connectivity index (χ0n) is 14.3. The number of halogens is 2. The fourth-order valence-electron chi connectivity index (χ4n) is 2.40. The SMILES string of the molecule is Cc1cnn(-c2ccc(S(N)(=O)=O)cc2NS(=O)(=O)c2cc(F)ccc2F)c1. The van der Waals surface area contributed by atoms with E-state index in [9.17, 15) is 25.6 Å². The Hall–Kier alpha value is -2.83. The monoisotopic (exact) mass is 428 g/mol. The first kappa shape index (κ1) is 19.9. The molecule has 28 heavy (non-hydrogen) atoms. The highest BCUT2D eigenvalue weighted by Crippen LogP contribution is 2.27. The minimum atomic E-state index is -4.59. The quantitative estimate of drug-likeness (QED) is 0.642. The summed E-state index contributed by atoms with van der Waals surface area (Å²) in [5.41, 5.74) is 0.666. The maximum absolute atomic E-state index is 13.9. The largest absolute Gasteiger partial charge is 0.277 e. The number of rotatable bonds is 5. The number of hydrogen-bond acceptors (Lipinski definition) is 5. The lowest BCUT2D eigenvalue weighted by atomic mass is 10.3. The van der Waals surface area contributed by atoms with Crippen LogP contribution >= 0.6 is 0 Å². The molecule has 0 saturated carbocycles. The molecular formula is C16H14F2N4O4S2. The zero-order chi connectivity index (χ0) is 20.7. The Morgan fingerprint density at radius 3 is 2.39 bits per heavy atom. The van der Waals surface area contributed by atoms with Gasteiger partial charge in [0.05, 0.1) is 22.5 Å². The lowest BCUT2D eigenvalue weighted by Gasteiger charge is -2.14. The Balaban J connectivity index is 2.17. The van der Waals surface area contributed by atoms with Crippen molar-refractivity contribution in [1.82, 2.24) is 9.78 Å². The van der Waals surface area contributed by atoms with Crippen LogP contribution in [0.5, 0.6) is 0 Å². The van der Waals surface area contributed by atoms with Crippen LogP contribution in [0.4, 0.5) is 14.5 Å². The Bertz CT molecular complexity index is 1270. The third-order valence-corrected chi connectivity index (χ3v) is 5.97. The molecule has 0 amide bonds. The van der Waals surface area contributed by atoms with E-state index in [1.165, 1.54) is 23.0 Å². The average molecular weight is 428 g/mol. The van der Waals surface area contributed by atoms with Gasteiger partial charge in [-0.25, -0.2) is 35.4 Å². The molecule has 8 nitrogen and oxygen atoms in total. The zero-order valence-corrected chi connectivity index (χ0v) is 15.9. The summed E-state index contributed by atoms with van der Waals surface area (Å²) in [6.07, 6.45) is 3.06. The number of anilines is 1. The summed E-state index contributed by atoms with van der Waals surface area (Å²) in [6, 6.07) is 5.37. The van der Waals surface area contributed by atoms with Crippen molar-refractivity contribution in [1.29, 1.82) is 0 Å². The van der Waals surface area contributed by atoms with Gasteiger partial charge in [0.25, 0.3) is 10.0 Å².